The lowest BCUT2D eigenvalue weighted by atomic mass is 9.77. The summed E-state index contributed by atoms with van der Waals surface area (Å²) in [7, 11) is 0. The Morgan fingerprint density at radius 2 is 1.94 bits per heavy atom. The van der Waals surface area contributed by atoms with E-state index >= 15 is 0 Å². The summed E-state index contributed by atoms with van der Waals surface area (Å²) in [5, 5.41) is 3.97. The van der Waals surface area contributed by atoms with Crippen LogP contribution in [0, 0.1) is 0 Å². The SMILES string of the molecule is CC(C)=C(C)c1nc(C2(N)CCC2)no1.Cl. The maximum atomic E-state index is 6.11. The van der Waals surface area contributed by atoms with Crippen LogP contribution in [0.1, 0.15) is 51.7 Å². The van der Waals surface area contributed by atoms with Crippen molar-refractivity contribution in [1.29, 1.82) is 0 Å². The number of aromatic nitrogens is 2. The van der Waals surface area contributed by atoms with Gasteiger partial charge in [0.25, 0.3) is 5.89 Å². The van der Waals surface area contributed by atoms with Gasteiger partial charge in [-0.15, -0.1) is 12.4 Å². The third kappa shape index (κ3) is 2.13. The van der Waals surface area contributed by atoms with E-state index in [-0.39, 0.29) is 17.9 Å². The predicted molar refractivity (Wildman–Crippen MR) is 65.2 cm³/mol. The summed E-state index contributed by atoms with van der Waals surface area (Å²) in [6, 6.07) is 0. The molecule has 4 nitrogen and oxygen atoms in total. The Hall–Kier alpha value is -0.870. The summed E-state index contributed by atoms with van der Waals surface area (Å²) in [5.41, 5.74) is 8.01. The fourth-order valence-electron chi connectivity index (χ4n) is 1.57. The molecule has 1 fully saturated rings. The maximum Gasteiger partial charge on any atom is 0.253 e. The number of nitrogens with zero attached hydrogens (tertiary/aromatic N) is 2. The van der Waals surface area contributed by atoms with Gasteiger partial charge in [-0.25, -0.2) is 0 Å². The number of hydrogen-bond acceptors (Lipinski definition) is 4. The highest BCUT2D eigenvalue weighted by atomic mass is 35.5. The molecule has 0 unspecified atom stereocenters. The molecular weight excluding hydrogens is 226 g/mol. The maximum absolute atomic E-state index is 6.11. The van der Waals surface area contributed by atoms with Crippen LogP contribution in [0.25, 0.3) is 5.57 Å². The Kier molecular flexibility index (Phi) is 3.76. The average Bonchev–Trinajstić information content (AvgIpc) is 2.61. The first kappa shape index (κ1) is 13.2. The molecule has 90 valence electrons. The van der Waals surface area contributed by atoms with Gasteiger partial charge in [-0.3, -0.25) is 0 Å². The molecule has 1 aliphatic carbocycles. The quantitative estimate of drug-likeness (QED) is 0.867. The van der Waals surface area contributed by atoms with Gasteiger partial charge in [0, 0.05) is 5.57 Å². The van der Waals surface area contributed by atoms with E-state index in [1.54, 1.807) is 0 Å². The Morgan fingerprint density at radius 1 is 1.31 bits per heavy atom. The molecule has 16 heavy (non-hydrogen) atoms. The zero-order valence-corrected chi connectivity index (χ0v) is 10.7. The monoisotopic (exact) mass is 243 g/mol. The van der Waals surface area contributed by atoms with Gasteiger partial charge in [0.15, 0.2) is 5.82 Å². The van der Waals surface area contributed by atoms with Crippen LogP contribution < -0.4 is 5.73 Å². The van der Waals surface area contributed by atoms with E-state index in [2.05, 4.69) is 10.1 Å². The van der Waals surface area contributed by atoms with Crippen LogP contribution in [0.4, 0.5) is 0 Å². The molecule has 0 aromatic carbocycles. The lowest BCUT2D eigenvalue weighted by Gasteiger charge is -2.34. The summed E-state index contributed by atoms with van der Waals surface area (Å²) in [6.07, 6.45) is 3.07. The van der Waals surface area contributed by atoms with Crippen molar-refractivity contribution in [3.8, 4) is 0 Å². The third-order valence-corrected chi connectivity index (χ3v) is 3.19. The van der Waals surface area contributed by atoms with Crippen LogP contribution >= 0.6 is 12.4 Å². The molecule has 0 atom stereocenters. The molecule has 2 N–H and O–H groups in total. The fraction of sp³-hybridized carbons (Fsp3) is 0.636. The molecule has 1 aromatic rings. The molecule has 0 bridgehead atoms. The summed E-state index contributed by atoms with van der Waals surface area (Å²) in [6.45, 7) is 6.04. The highest BCUT2D eigenvalue weighted by Gasteiger charge is 2.39. The van der Waals surface area contributed by atoms with Crippen molar-refractivity contribution in [2.45, 2.75) is 45.6 Å². The number of nitrogens with two attached hydrogens (primary N) is 1. The molecule has 0 spiro atoms. The second-order valence-electron chi connectivity index (χ2n) is 4.56. The molecule has 1 aliphatic rings. The van der Waals surface area contributed by atoms with Crippen LogP contribution in [-0.4, -0.2) is 10.1 Å². The minimum absolute atomic E-state index is 0. The molecule has 0 aliphatic heterocycles. The fourth-order valence-corrected chi connectivity index (χ4v) is 1.57. The van der Waals surface area contributed by atoms with Gasteiger partial charge >= 0.3 is 0 Å². The smallest absolute Gasteiger partial charge is 0.253 e. The van der Waals surface area contributed by atoms with Crippen molar-refractivity contribution in [3.63, 3.8) is 0 Å². The van der Waals surface area contributed by atoms with Gasteiger partial charge in [0.05, 0.1) is 5.54 Å². The Balaban J connectivity index is 0.00000128. The molecule has 0 radical (unpaired) electrons. The Morgan fingerprint density at radius 3 is 2.38 bits per heavy atom. The zero-order chi connectivity index (χ0) is 11.1. The van der Waals surface area contributed by atoms with Crippen molar-refractivity contribution in [2.24, 2.45) is 5.73 Å². The summed E-state index contributed by atoms with van der Waals surface area (Å²) >= 11 is 0. The highest BCUT2D eigenvalue weighted by molar-refractivity contribution is 5.85. The van der Waals surface area contributed by atoms with Gasteiger partial charge < -0.3 is 10.3 Å². The van der Waals surface area contributed by atoms with E-state index in [0.29, 0.717) is 11.7 Å². The number of hydrogen-bond donors (Lipinski definition) is 1. The summed E-state index contributed by atoms with van der Waals surface area (Å²) in [5.74, 6) is 1.26. The van der Waals surface area contributed by atoms with Crippen LogP contribution in [-0.2, 0) is 5.54 Å². The predicted octanol–water partition coefficient (Wildman–Crippen LogP) is 2.64. The normalized spacial score (nSPS) is 17.2. The summed E-state index contributed by atoms with van der Waals surface area (Å²) < 4.78 is 5.21. The molecule has 5 heteroatoms. The third-order valence-electron chi connectivity index (χ3n) is 3.19. The van der Waals surface area contributed by atoms with Gasteiger partial charge in [-0.05, 0) is 40.0 Å². The Bertz CT molecular complexity index is 403. The molecular formula is C11H18ClN3O. The number of rotatable bonds is 2. The van der Waals surface area contributed by atoms with Gasteiger partial charge in [-0.2, -0.15) is 4.98 Å². The lowest BCUT2D eigenvalue weighted by Crippen LogP contribution is -2.44. The van der Waals surface area contributed by atoms with Crippen molar-refractivity contribution in [2.75, 3.05) is 0 Å². The molecule has 0 amide bonds. The second-order valence-corrected chi connectivity index (χ2v) is 4.56. The second kappa shape index (κ2) is 4.55. The van der Waals surface area contributed by atoms with Gasteiger partial charge in [0.1, 0.15) is 0 Å². The van der Waals surface area contributed by atoms with Crippen LogP contribution in [0.2, 0.25) is 0 Å². The molecule has 2 rings (SSSR count). The summed E-state index contributed by atoms with van der Waals surface area (Å²) in [4.78, 5) is 4.36. The van der Waals surface area contributed by atoms with Crippen LogP contribution in [0.15, 0.2) is 10.1 Å². The topological polar surface area (TPSA) is 64.9 Å². The van der Waals surface area contributed by atoms with Crippen LogP contribution in [0.5, 0.6) is 0 Å². The first-order chi connectivity index (χ1) is 7.03. The molecule has 1 heterocycles. The van der Waals surface area contributed by atoms with E-state index in [4.69, 9.17) is 10.3 Å². The molecule has 1 saturated carbocycles. The average molecular weight is 244 g/mol. The minimum Gasteiger partial charge on any atom is -0.334 e. The van der Waals surface area contributed by atoms with Gasteiger partial charge in [-0.1, -0.05) is 10.7 Å². The van der Waals surface area contributed by atoms with Crippen molar-refractivity contribution in [1.82, 2.24) is 10.1 Å². The first-order valence-corrected chi connectivity index (χ1v) is 5.30. The van der Waals surface area contributed by atoms with E-state index in [0.717, 1.165) is 24.8 Å². The lowest BCUT2D eigenvalue weighted by molar-refractivity contribution is 0.229. The minimum atomic E-state index is -0.330. The zero-order valence-electron chi connectivity index (χ0n) is 9.91. The number of halogens is 1. The Labute approximate surface area is 102 Å². The van der Waals surface area contributed by atoms with Crippen molar-refractivity contribution < 1.29 is 4.52 Å². The van der Waals surface area contributed by atoms with E-state index < -0.39 is 0 Å². The van der Waals surface area contributed by atoms with E-state index in [1.807, 2.05) is 20.8 Å². The van der Waals surface area contributed by atoms with Crippen LogP contribution in [0.3, 0.4) is 0 Å². The molecule has 1 aromatic heterocycles. The standard InChI is InChI=1S/C11H17N3O.ClH/c1-7(2)8(3)9-13-10(14-15-9)11(12)5-4-6-11;/h4-6,12H2,1-3H3;1H. The first-order valence-electron chi connectivity index (χ1n) is 5.30. The largest absolute Gasteiger partial charge is 0.334 e. The van der Waals surface area contributed by atoms with E-state index in [1.165, 1.54) is 5.57 Å². The van der Waals surface area contributed by atoms with Crippen molar-refractivity contribution >= 4 is 18.0 Å². The van der Waals surface area contributed by atoms with Gasteiger partial charge in [0.2, 0.25) is 0 Å². The van der Waals surface area contributed by atoms with E-state index in [9.17, 15) is 0 Å². The highest BCUT2D eigenvalue weighted by Crippen LogP contribution is 2.37. The molecule has 0 saturated heterocycles. The van der Waals surface area contributed by atoms with Crippen molar-refractivity contribution in [3.05, 3.63) is 17.3 Å². The number of allylic oxidation sites excluding steroid dienone is 2.